The summed E-state index contributed by atoms with van der Waals surface area (Å²) in [6.45, 7) is 0. The van der Waals surface area contributed by atoms with E-state index < -0.39 is 0 Å². The summed E-state index contributed by atoms with van der Waals surface area (Å²) in [4.78, 5) is 16.6. The maximum atomic E-state index is 11.6. The number of nitrogens with zero attached hydrogens (tertiary/aromatic N) is 1. The molecule has 2 aromatic rings. The number of fused-ring (bicyclic) bond motifs is 1. The number of hydrogen-bond acceptors (Lipinski definition) is 6. The summed E-state index contributed by atoms with van der Waals surface area (Å²) in [6, 6.07) is 12.7. The van der Waals surface area contributed by atoms with Gasteiger partial charge in [0, 0.05) is 18.1 Å². The van der Waals surface area contributed by atoms with Crippen molar-refractivity contribution in [3.8, 4) is 11.5 Å². The highest BCUT2D eigenvalue weighted by Gasteiger charge is 2.27. The fraction of sp³-hybridized carbons (Fsp3) is 0.263. The lowest BCUT2D eigenvalue weighted by Crippen LogP contribution is -2.21. The molecule has 0 bridgehead atoms. The summed E-state index contributed by atoms with van der Waals surface area (Å²) >= 11 is 0. The average Bonchev–Trinajstić information content (AvgIpc) is 2.67. The molecular weight excluding hydrogens is 322 g/mol. The number of benzene rings is 2. The van der Waals surface area contributed by atoms with Crippen molar-refractivity contribution in [2.75, 3.05) is 21.3 Å². The van der Waals surface area contributed by atoms with E-state index in [1.165, 1.54) is 14.2 Å². The van der Waals surface area contributed by atoms with Crippen LogP contribution in [0.4, 0.5) is 0 Å². The number of hydrogen-bond donors (Lipinski definition) is 0. The lowest BCUT2D eigenvalue weighted by Gasteiger charge is -2.27. The van der Waals surface area contributed by atoms with Crippen LogP contribution in [0.2, 0.25) is 0 Å². The zero-order valence-corrected chi connectivity index (χ0v) is 14.3. The van der Waals surface area contributed by atoms with Crippen LogP contribution >= 0.6 is 0 Å². The van der Waals surface area contributed by atoms with Crippen molar-refractivity contribution < 1.29 is 23.8 Å². The fourth-order valence-corrected chi connectivity index (χ4v) is 2.78. The summed E-state index contributed by atoms with van der Waals surface area (Å²) in [5, 5.41) is 4.14. The van der Waals surface area contributed by atoms with Gasteiger partial charge in [-0.25, -0.2) is 4.79 Å². The number of oxime groups is 1. The van der Waals surface area contributed by atoms with Crippen LogP contribution in [0.25, 0.3) is 0 Å². The highest BCUT2D eigenvalue weighted by molar-refractivity contribution is 6.04. The highest BCUT2D eigenvalue weighted by Crippen LogP contribution is 2.37. The van der Waals surface area contributed by atoms with Crippen LogP contribution in [0.15, 0.2) is 47.6 Å². The second kappa shape index (κ2) is 7.25. The van der Waals surface area contributed by atoms with Crippen molar-refractivity contribution in [1.29, 1.82) is 0 Å². The number of carbonyl (C=O) groups excluding carboxylic acids is 1. The second-order valence-electron chi connectivity index (χ2n) is 5.51. The molecule has 0 N–H and O–H groups in total. The molecule has 0 spiro atoms. The van der Waals surface area contributed by atoms with Crippen LogP contribution in [0.5, 0.6) is 11.5 Å². The third-order valence-electron chi connectivity index (χ3n) is 4.05. The van der Waals surface area contributed by atoms with Crippen molar-refractivity contribution in [3.63, 3.8) is 0 Å². The summed E-state index contributed by atoms with van der Waals surface area (Å²) in [7, 11) is 4.49. The van der Waals surface area contributed by atoms with Crippen LogP contribution in [0, 0.1) is 0 Å². The Kier molecular flexibility index (Phi) is 4.88. The summed E-state index contributed by atoms with van der Waals surface area (Å²) in [5.41, 5.74) is 3.11. The number of carbonyl (C=O) groups is 1. The molecule has 0 radical (unpaired) electrons. The molecule has 0 saturated carbocycles. The van der Waals surface area contributed by atoms with Gasteiger partial charge < -0.3 is 19.0 Å². The number of methoxy groups -OCH3 is 2. The van der Waals surface area contributed by atoms with E-state index in [4.69, 9.17) is 19.0 Å². The van der Waals surface area contributed by atoms with Crippen molar-refractivity contribution in [1.82, 2.24) is 0 Å². The average molecular weight is 341 g/mol. The normalized spacial score (nSPS) is 17.4. The maximum absolute atomic E-state index is 11.6. The molecule has 25 heavy (non-hydrogen) atoms. The predicted octanol–water partition coefficient (Wildman–Crippen LogP) is 3.36. The summed E-state index contributed by atoms with van der Waals surface area (Å²) in [6.07, 6.45) is 0.324. The van der Waals surface area contributed by atoms with E-state index >= 15 is 0 Å². The first-order valence-corrected chi connectivity index (χ1v) is 7.79. The molecule has 1 heterocycles. The smallest absolute Gasteiger partial charge is 0.337 e. The maximum Gasteiger partial charge on any atom is 0.337 e. The van der Waals surface area contributed by atoms with Crippen molar-refractivity contribution in [3.05, 3.63) is 59.2 Å². The summed E-state index contributed by atoms with van der Waals surface area (Å²) in [5.74, 6) is 1.02. The molecule has 0 amide bonds. The third-order valence-corrected chi connectivity index (χ3v) is 4.05. The van der Waals surface area contributed by atoms with E-state index in [1.807, 2.05) is 30.3 Å². The van der Waals surface area contributed by atoms with Gasteiger partial charge in [-0.2, -0.15) is 0 Å². The molecule has 0 aromatic heterocycles. The first-order valence-electron chi connectivity index (χ1n) is 7.79. The minimum absolute atomic E-state index is 0.236. The van der Waals surface area contributed by atoms with Crippen LogP contribution in [-0.4, -0.2) is 33.0 Å². The van der Waals surface area contributed by atoms with Gasteiger partial charge in [-0.1, -0.05) is 17.3 Å². The number of ether oxygens (including phenoxy) is 3. The largest absolute Gasteiger partial charge is 0.497 e. The molecule has 1 aliphatic rings. The molecule has 2 aromatic carbocycles. The molecule has 0 fully saturated rings. The van der Waals surface area contributed by atoms with Crippen molar-refractivity contribution >= 4 is 11.7 Å². The van der Waals surface area contributed by atoms with Gasteiger partial charge >= 0.3 is 5.97 Å². The molecule has 1 unspecified atom stereocenters. The molecule has 1 aliphatic heterocycles. The predicted molar refractivity (Wildman–Crippen MR) is 92.3 cm³/mol. The van der Waals surface area contributed by atoms with Crippen LogP contribution < -0.4 is 9.47 Å². The first kappa shape index (κ1) is 16.8. The molecule has 130 valence electrons. The third kappa shape index (κ3) is 3.42. The minimum Gasteiger partial charge on any atom is -0.497 e. The minimum atomic E-state index is -0.368. The van der Waals surface area contributed by atoms with Crippen LogP contribution in [0.3, 0.4) is 0 Å². The SMILES string of the molecule is CO/N=C1\CC(c2ccc(C(=O)OC)cc2)Oc2cc(OC)ccc21. The number of rotatable bonds is 4. The van der Waals surface area contributed by atoms with E-state index in [-0.39, 0.29) is 12.1 Å². The Morgan fingerprint density at radius 2 is 1.88 bits per heavy atom. The number of esters is 1. The van der Waals surface area contributed by atoms with Gasteiger partial charge in [0.25, 0.3) is 0 Å². The Labute approximate surface area is 146 Å². The van der Waals surface area contributed by atoms with E-state index in [0.717, 1.165) is 16.8 Å². The monoisotopic (exact) mass is 341 g/mol. The van der Waals surface area contributed by atoms with E-state index in [9.17, 15) is 4.79 Å². The van der Waals surface area contributed by atoms with Gasteiger partial charge in [-0.3, -0.25) is 0 Å². The van der Waals surface area contributed by atoms with Gasteiger partial charge in [0.05, 0.1) is 25.5 Å². The molecule has 0 aliphatic carbocycles. The van der Waals surface area contributed by atoms with Crippen LogP contribution in [0.1, 0.15) is 34.0 Å². The lowest BCUT2D eigenvalue weighted by molar-refractivity contribution is 0.0600. The molecule has 6 heteroatoms. The Hall–Kier alpha value is -3.02. The summed E-state index contributed by atoms with van der Waals surface area (Å²) < 4.78 is 16.1. The Balaban J connectivity index is 1.93. The second-order valence-corrected chi connectivity index (χ2v) is 5.51. The van der Waals surface area contributed by atoms with E-state index in [2.05, 4.69) is 5.16 Å². The molecule has 1 atom stereocenters. The van der Waals surface area contributed by atoms with Gasteiger partial charge in [0.15, 0.2) is 0 Å². The van der Waals surface area contributed by atoms with Gasteiger partial charge in [-0.15, -0.1) is 0 Å². The molecule has 0 saturated heterocycles. The standard InChI is InChI=1S/C19H19NO5/c1-22-14-8-9-15-16(20-24-3)11-17(25-18(15)10-14)12-4-6-13(7-5-12)19(21)23-2/h4-10,17H,11H2,1-3H3/b20-16+. The van der Waals surface area contributed by atoms with Crippen molar-refractivity contribution in [2.24, 2.45) is 5.16 Å². The Morgan fingerprint density at radius 1 is 1.12 bits per heavy atom. The fourth-order valence-electron chi connectivity index (χ4n) is 2.78. The molecule has 6 nitrogen and oxygen atoms in total. The highest BCUT2D eigenvalue weighted by atomic mass is 16.6. The zero-order valence-electron chi connectivity index (χ0n) is 14.3. The zero-order chi connectivity index (χ0) is 17.8. The Bertz CT molecular complexity index is 798. The van der Waals surface area contributed by atoms with Gasteiger partial charge in [0.1, 0.15) is 24.7 Å². The van der Waals surface area contributed by atoms with Crippen LogP contribution in [-0.2, 0) is 9.57 Å². The van der Waals surface area contributed by atoms with E-state index in [0.29, 0.717) is 23.5 Å². The van der Waals surface area contributed by atoms with E-state index in [1.54, 1.807) is 19.2 Å². The topological polar surface area (TPSA) is 66.4 Å². The first-order chi connectivity index (χ1) is 12.2. The quantitative estimate of drug-likeness (QED) is 0.630. The van der Waals surface area contributed by atoms with Crippen molar-refractivity contribution in [2.45, 2.75) is 12.5 Å². The van der Waals surface area contributed by atoms with Gasteiger partial charge in [0.2, 0.25) is 0 Å². The lowest BCUT2D eigenvalue weighted by atomic mass is 9.95. The Morgan fingerprint density at radius 3 is 2.52 bits per heavy atom. The molecule has 3 rings (SSSR count). The molecular formula is C19H19NO5. The van der Waals surface area contributed by atoms with Gasteiger partial charge in [-0.05, 0) is 29.8 Å².